The zero-order valence-corrected chi connectivity index (χ0v) is 27.4. The van der Waals surface area contributed by atoms with Crippen LogP contribution in [0.25, 0.3) is 6.08 Å². The molecule has 0 saturated heterocycles. The number of halogens is 5. The predicted octanol–water partition coefficient (Wildman–Crippen LogP) is 9.34. The second kappa shape index (κ2) is 17.0. The Morgan fingerprint density at radius 1 is 0.700 bits per heavy atom. The van der Waals surface area contributed by atoms with E-state index in [-0.39, 0.29) is 25.4 Å². The molecule has 4 N–H and O–H groups in total. The Kier molecular flexibility index (Phi) is 12.9. The lowest BCUT2D eigenvalue weighted by Crippen LogP contribution is -2.30. The van der Waals surface area contributed by atoms with Crippen LogP contribution in [-0.4, -0.2) is 25.4 Å². The number of hydrogen-bond acceptors (Lipinski definition) is 6. The van der Waals surface area contributed by atoms with Crippen molar-refractivity contribution >= 4 is 23.4 Å². The summed E-state index contributed by atoms with van der Waals surface area (Å²) < 4.78 is 82.4. The second-order valence-corrected chi connectivity index (χ2v) is 12.3. The van der Waals surface area contributed by atoms with Crippen LogP contribution in [0, 0.1) is 12.3 Å². The van der Waals surface area contributed by atoms with Crippen LogP contribution in [0.3, 0.4) is 0 Å². The van der Waals surface area contributed by atoms with Crippen molar-refractivity contribution in [3.05, 3.63) is 132 Å². The molecule has 0 fully saturated rings. The largest absolute Gasteiger partial charge is 0.494 e. The van der Waals surface area contributed by atoms with E-state index in [1.165, 1.54) is 48.6 Å². The topological polar surface area (TPSA) is 96.8 Å². The van der Waals surface area contributed by atoms with Gasteiger partial charge >= 0.3 is 18.3 Å². The molecule has 0 aromatic heterocycles. The van der Waals surface area contributed by atoms with E-state index in [9.17, 15) is 26.7 Å². The van der Waals surface area contributed by atoms with Gasteiger partial charge in [-0.1, -0.05) is 36.4 Å². The number of carbonyl (C=O) groups is 1. The number of nitrogen functional groups attached to an aromatic ring is 2. The molecule has 0 amide bonds. The fourth-order valence-electron chi connectivity index (χ4n) is 5.13. The molecule has 0 aliphatic heterocycles. The quantitative estimate of drug-likeness (QED) is 0.0376. The minimum Gasteiger partial charge on any atom is -0.494 e. The molecule has 0 heterocycles. The molecule has 4 rings (SSSR count). The lowest BCUT2D eigenvalue weighted by Gasteiger charge is -2.29. The highest BCUT2D eigenvalue weighted by Crippen LogP contribution is 2.33. The molecule has 11 heteroatoms. The summed E-state index contributed by atoms with van der Waals surface area (Å²) >= 11 is 0. The Hall–Kier alpha value is -5.06. The Morgan fingerprint density at radius 3 is 1.78 bits per heavy atom. The average molecular weight is 696 g/mol. The average Bonchev–Trinajstić information content (AvgIpc) is 3.07. The van der Waals surface area contributed by atoms with Crippen LogP contribution >= 0.6 is 0 Å². The summed E-state index contributed by atoms with van der Waals surface area (Å²) in [6.45, 7) is 4.62. The van der Waals surface area contributed by atoms with Gasteiger partial charge < -0.3 is 25.7 Å². The van der Waals surface area contributed by atoms with Crippen LogP contribution in [0.2, 0.25) is 0 Å². The Labute approximate surface area is 288 Å². The molecule has 6 nitrogen and oxygen atoms in total. The molecular weight excluding hydrogens is 655 g/mol. The summed E-state index contributed by atoms with van der Waals surface area (Å²) in [6, 6.07) is 25.7. The number of anilines is 2. The van der Waals surface area contributed by atoms with Crippen LogP contribution in [0.4, 0.5) is 33.3 Å². The van der Waals surface area contributed by atoms with Crippen molar-refractivity contribution in [3.8, 4) is 11.5 Å². The van der Waals surface area contributed by atoms with Crippen LogP contribution < -0.4 is 20.9 Å². The van der Waals surface area contributed by atoms with Crippen LogP contribution in [0.1, 0.15) is 47.9 Å². The van der Waals surface area contributed by atoms with Gasteiger partial charge in [-0.2, -0.15) is 22.0 Å². The fourth-order valence-corrected chi connectivity index (χ4v) is 5.13. The first kappa shape index (κ1) is 37.8. The number of esters is 1. The highest BCUT2D eigenvalue weighted by Gasteiger charge is 2.34. The molecule has 1 radical (unpaired) electrons. The van der Waals surface area contributed by atoms with Crippen molar-refractivity contribution in [2.24, 2.45) is 5.41 Å². The molecule has 0 saturated carbocycles. The normalized spacial score (nSPS) is 12.2. The number of benzene rings is 4. The Morgan fingerprint density at radius 2 is 1.24 bits per heavy atom. The van der Waals surface area contributed by atoms with E-state index in [4.69, 9.17) is 25.7 Å². The molecule has 4 aromatic carbocycles. The van der Waals surface area contributed by atoms with Crippen molar-refractivity contribution in [1.82, 2.24) is 0 Å². The van der Waals surface area contributed by atoms with Crippen LogP contribution in [0.5, 0.6) is 11.5 Å². The lowest BCUT2D eigenvalue weighted by atomic mass is 9.79. The molecule has 4 aromatic rings. The van der Waals surface area contributed by atoms with Crippen molar-refractivity contribution in [2.75, 3.05) is 24.7 Å². The number of carbonyl (C=O) groups excluding carboxylic acids is 1. The first-order valence-electron chi connectivity index (χ1n) is 16.0. The summed E-state index contributed by atoms with van der Waals surface area (Å²) in [5.41, 5.74) is 14.4. The summed E-state index contributed by atoms with van der Waals surface area (Å²) in [7, 11) is 0. The number of unbranched alkanes of at least 4 members (excludes halogenated alkanes) is 2. The maximum atomic E-state index is 14.9. The third-order valence-corrected chi connectivity index (χ3v) is 7.74. The summed E-state index contributed by atoms with van der Waals surface area (Å²) in [5, 5.41) is 0. The number of rotatable bonds is 17. The van der Waals surface area contributed by atoms with E-state index in [0.29, 0.717) is 48.4 Å². The summed E-state index contributed by atoms with van der Waals surface area (Å²) in [4.78, 5) is 12.7. The highest BCUT2D eigenvalue weighted by atomic mass is 19.4. The number of nitrogens with two attached hydrogens (primary N) is 2. The van der Waals surface area contributed by atoms with Gasteiger partial charge in [0.15, 0.2) is 0 Å². The number of hydrogen-bond donors (Lipinski definition) is 2. The lowest BCUT2D eigenvalue weighted by molar-refractivity contribution is -0.185. The van der Waals surface area contributed by atoms with Gasteiger partial charge in [-0.3, -0.25) is 0 Å². The van der Waals surface area contributed by atoms with E-state index in [1.54, 1.807) is 24.3 Å². The van der Waals surface area contributed by atoms with Crippen molar-refractivity contribution < 1.29 is 41.0 Å². The minimum absolute atomic E-state index is 0.00976. The Balaban J connectivity index is 1.28. The monoisotopic (exact) mass is 695 g/mol. The smallest absolute Gasteiger partial charge is 0.426 e. The van der Waals surface area contributed by atoms with Crippen molar-refractivity contribution in [2.45, 2.75) is 50.8 Å². The first-order chi connectivity index (χ1) is 23.7. The standard InChI is InChI=1S/C39H40F5N2O4/c1-37(25-29-5-14-32(45)15-6-29,26-30-7-16-33(46)17-8-30)27-49-36(47)22-11-28-9-18-35(19-10-28)50-39(43,44)31-12-20-34(21-13-31)48-24-4-2-3-23-38(40,41)42/h5-22H,1-4,23-27,45-46H2/b22-11+. The predicted molar refractivity (Wildman–Crippen MR) is 184 cm³/mol. The number of alkyl halides is 5. The SMILES string of the molecule is [CH2]C(COC(=O)/C=C/c1ccc(OC(F)(F)c2ccc(OCCCCCC(F)(F)F)cc2)cc1)(Cc1ccc(N)cc1)Cc1ccc(N)cc1. The summed E-state index contributed by atoms with van der Waals surface area (Å²) in [5.74, 6) is -0.367. The van der Waals surface area contributed by atoms with Gasteiger partial charge in [0, 0.05) is 29.3 Å². The molecule has 0 spiro atoms. The van der Waals surface area contributed by atoms with Crippen LogP contribution in [-0.2, 0) is 28.5 Å². The molecular formula is C39H40F5N2O4. The first-order valence-corrected chi connectivity index (χ1v) is 16.0. The molecule has 0 unspecified atom stereocenters. The van der Waals surface area contributed by atoms with Gasteiger partial charge in [-0.15, -0.1) is 0 Å². The molecule has 265 valence electrons. The summed E-state index contributed by atoms with van der Waals surface area (Å²) in [6.07, 6.45) is -4.11. The third-order valence-electron chi connectivity index (χ3n) is 7.74. The van der Waals surface area contributed by atoms with Gasteiger partial charge in [-0.25, -0.2) is 4.79 Å². The molecule has 0 bridgehead atoms. The number of ether oxygens (including phenoxy) is 3. The van der Waals surface area contributed by atoms with Gasteiger partial charge in [-0.05, 0) is 122 Å². The third kappa shape index (κ3) is 12.8. The van der Waals surface area contributed by atoms with E-state index in [0.717, 1.165) is 23.3 Å². The van der Waals surface area contributed by atoms with Crippen molar-refractivity contribution in [3.63, 3.8) is 0 Å². The van der Waals surface area contributed by atoms with E-state index < -0.39 is 35.7 Å². The molecule has 0 aliphatic carbocycles. The fraction of sp³-hybridized carbons (Fsp3) is 0.282. The second-order valence-electron chi connectivity index (χ2n) is 12.3. The van der Waals surface area contributed by atoms with Crippen molar-refractivity contribution in [1.29, 1.82) is 0 Å². The Bertz CT molecular complexity index is 1630. The molecule has 0 atom stereocenters. The van der Waals surface area contributed by atoms with Gasteiger partial charge in [0.2, 0.25) is 0 Å². The maximum Gasteiger partial charge on any atom is 0.426 e. The maximum absolute atomic E-state index is 14.9. The highest BCUT2D eigenvalue weighted by molar-refractivity contribution is 5.87. The van der Waals surface area contributed by atoms with Gasteiger partial charge in [0.25, 0.3) is 0 Å². The molecule has 0 aliphatic rings. The van der Waals surface area contributed by atoms with E-state index in [1.807, 2.05) is 24.3 Å². The molecule has 50 heavy (non-hydrogen) atoms. The minimum atomic E-state index is -4.18. The zero-order valence-electron chi connectivity index (χ0n) is 27.4. The zero-order chi connectivity index (χ0) is 36.2. The van der Waals surface area contributed by atoms with Crippen LogP contribution in [0.15, 0.2) is 103 Å². The van der Waals surface area contributed by atoms with Gasteiger partial charge in [0.05, 0.1) is 18.8 Å². The van der Waals surface area contributed by atoms with E-state index >= 15 is 0 Å². The van der Waals surface area contributed by atoms with E-state index in [2.05, 4.69) is 6.92 Å². The van der Waals surface area contributed by atoms with Gasteiger partial charge in [0.1, 0.15) is 11.5 Å².